The van der Waals surface area contributed by atoms with Gasteiger partial charge in [-0.1, -0.05) is 28.1 Å². The standard InChI is InChI=1S/C16H17BrN2O2/c1-10(11-3-5-13(17)6-4-11)19-16(20)12-7-14(18)9-15(8-12)21-2/h3-10H,18H2,1-2H3,(H,19,20)/t10-/m0/s1. The first-order chi connectivity index (χ1) is 9.99. The maximum atomic E-state index is 12.3. The molecule has 0 aliphatic heterocycles. The van der Waals surface area contributed by atoms with Crippen LogP contribution in [0.2, 0.25) is 0 Å². The molecule has 4 nitrogen and oxygen atoms in total. The van der Waals surface area contributed by atoms with E-state index in [1.54, 1.807) is 25.3 Å². The van der Waals surface area contributed by atoms with E-state index >= 15 is 0 Å². The van der Waals surface area contributed by atoms with E-state index in [0.29, 0.717) is 17.0 Å². The summed E-state index contributed by atoms with van der Waals surface area (Å²) >= 11 is 3.39. The fourth-order valence-electron chi connectivity index (χ4n) is 1.99. The van der Waals surface area contributed by atoms with Gasteiger partial charge >= 0.3 is 0 Å². The van der Waals surface area contributed by atoms with Crippen molar-refractivity contribution in [1.29, 1.82) is 0 Å². The lowest BCUT2D eigenvalue weighted by Crippen LogP contribution is -2.26. The predicted octanol–water partition coefficient (Wildman–Crippen LogP) is 3.53. The third kappa shape index (κ3) is 3.98. The maximum absolute atomic E-state index is 12.3. The van der Waals surface area contributed by atoms with Crippen molar-refractivity contribution < 1.29 is 9.53 Å². The lowest BCUT2D eigenvalue weighted by atomic mass is 10.1. The second-order valence-corrected chi connectivity index (χ2v) is 5.66. The minimum Gasteiger partial charge on any atom is -0.497 e. The summed E-state index contributed by atoms with van der Waals surface area (Å²) in [6, 6.07) is 12.7. The lowest BCUT2D eigenvalue weighted by molar-refractivity contribution is 0.0939. The molecule has 0 saturated carbocycles. The SMILES string of the molecule is COc1cc(N)cc(C(=O)N[C@@H](C)c2ccc(Br)cc2)c1. The molecule has 5 heteroatoms. The van der Waals surface area contributed by atoms with Crippen LogP contribution in [0.1, 0.15) is 28.9 Å². The Bertz CT molecular complexity index is 641. The van der Waals surface area contributed by atoms with Gasteiger partial charge in [0.25, 0.3) is 5.91 Å². The predicted molar refractivity (Wildman–Crippen MR) is 87.4 cm³/mol. The molecule has 0 unspecified atom stereocenters. The number of nitrogens with one attached hydrogen (secondary N) is 1. The Morgan fingerprint density at radius 1 is 1.24 bits per heavy atom. The van der Waals surface area contributed by atoms with E-state index in [1.165, 1.54) is 0 Å². The van der Waals surface area contributed by atoms with Gasteiger partial charge in [0.05, 0.1) is 13.2 Å². The average molecular weight is 349 g/mol. The normalized spacial score (nSPS) is 11.8. The molecule has 1 atom stereocenters. The number of rotatable bonds is 4. The molecule has 0 fully saturated rings. The first-order valence-electron chi connectivity index (χ1n) is 6.50. The van der Waals surface area contributed by atoms with Crippen molar-refractivity contribution in [2.24, 2.45) is 0 Å². The Kier molecular flexibility index (Phi) is 4.85. The van der Waals surface area contributed by atoms with Crippen LogP contribution in [0.15, 0.2) is 46.9 Å². The van der Waals surface area contributed by atoms with Gasteiger partial charge in [-0.25, -0.2) is 0 Å². The number of ether oxygens (including phenoxy) is 1. The molecule has 2 aromatic rings. The molecule has 0 saturated heterocycles. The summed E-state index contributed by atoms with van der Waals surface area (Å²) in [5.74, 6) is 0.382. The zero-order chi connectivity index (χ0) is 15.4. The molecule has 3 N–H and O–H groups in total. The van der Waals surface area contributed by atoms with Crippen LogP contribution < -0.4 is 15.8 Å². The van der Waals surface area contributed by atoms with Crippen molar-refractivity contribution in [1.82, 2.24) is 5.32 Å². The van der Waals surface area contributed by atoms with Gasteiger partial charge in [-0.15, -0.1) is 0 Å². The zero-order valence-electron chi connectivity index (χ0n) is 11.9. The van der Waals surface area contributed by atoms with Crippen molar-refractivity contribution in [3.8, 4) is 5.75 Å². The van der Waals surface area contributed by atoms with Crippen molar-refractivity contribution >= 4 is 27.5 Å². The van der Waals surface area contributed by atoms with Crippen LogP contribution >= 0.6 is 15.9 Å². The Balaban J connectivity index is 2.13. The highest BCUT2D eigenvalue weighted by Gasteiger charge is 2.13. The van der Waals surface area contributed by atoms with E-state index in [-0.39, 0.29) is 11.9 Å². The molecule has 110 valence electrons. The highest BCUT2D eigenvalue weighted by molar-refractivity contribution is 9.10. The smallest absolute Gasteiger partial charge is 0.251 e. The van der Waals surface area contributed by atoms with Gasteiger partial charge in [0.15, 0.2) is 0 Å². The molecular formula is C16H17BrN2O2. The summed E-state index contributed by atoms with van der Waals surface area (Å²) in [6.07, 6.45) is 0. The van der Waals surface area contributed by atoms with Crippen LogP contribution in [-0.2, 0) is 0 Å². The lowest BCUT2D eigenvalue weighted by Gasteiger charge is -2.15. The summed E-state index contributed by atoms with van der Waals surface area (Å²) in [7, 11) is 1.54. The van der Waals surface area contributed by atoms with E-state index < -0.39 is 0 Å². The van der Waals surface area contributed by atoms with Gasteiger partial charge in [0.2, 0.25) is 0 Å². The average Bonchev–Trinajstić information content (AvgIpc) is 2.47. The highest BCUT2D eigenvalue weighted by atomic mass is 79.9. The van der Waals surface area contributed by atoms with E-state index in [1.807, 2.05) is 31.2 Å². The molecule has 0 radical (unpaired) electrons. The summed E-state index contributed by atoms with van der Waals surface area (Å²) in [4.78, 5) is 12.3. The van der Waals surface area contributed by atoms with E-state index in [4.69, 9.17) is 10.5 Å². The zero-order valence-corrected chi connectivity index (χ0v) is 13.5. The van der Waals surface area contributed by atoms with Gasteiger partial charge in [-0.05, 0) is 36.8 Å². The molecule has 0 spiro atoms. The molecule has 21 heavy (non-hydrogen) atoms. The van der Waals surface area contributed by atoms with Crippen LogP contribution in [-0.4, -0.2) is 13.0 Å². The number of nitrogen functional groups attached to an aromatic ring is 1. The minimum absolute atomic E-state index is 0.0991. The van der Waals surface area contributed by atoms with Gasteiger partial charge in [0, 0.05) is 21.8 Å². The third-order valence-corrected chi connectivity index (χ3v) is 3.67. The topological polar surface area (TPSA) is 64.3 Å². The number of nitrogens with two attached hydrogens (primary N) is 1. The Morgan fingerprint density at radius 2 is 1.90 bits per heavy atom. The van der Waals surface area contributed by atoms with Crippen LogP contribution in [0.5, 0.6) is 5.75 Å². The summed E-state index contributed by atoms with van der Waals surface area (Å²) in [5.41, 5.74) is 7.77. The van der Waals surface area contributed by atoms with Gasteiger partial charge in [-0.3, -0.25) is 4.79 Å². The van der Waals surface area contributed by atoms with Crippen LogP contribution in [0.4, 0.5) is 5.69 Å². The van der Waals surface area contributed by atoms with E-state index in [0.717, 1.165) is 10.0 Å². The molecule has 0 bridgehead atoms. The third-order valence-electron chi connectivity index (χ3n) is 3.14. The molecule has 2 aromatic carbocycles. The summed E-state index contributed by atoms with van der Waals surface area (Å²) in [5, 5.41) is 2.95. The number of amides is 1. The number of anilines is 1. The summed E-state index contributed by atoms with van der Waals surface area (Å²) < 4.78 is 6.13. The number of methoxy groups -OCH3 is 1. The molecule has 1 amide bonds. The molecule has 0 heterocycles. The fraction of sp³-hybridized carbons (Fsp3) is 0.188. The Labute approximate surface area is 132 Å². The maximum Gasteiger partial charge on any atom is 0.251 e. The van der Waals surface area contributed by atoms with E-state index in [9.17, 15) is 4.79 Å². The van der Waals surface area contributed by atoms with Crippen molar-refractivity contribution in [2.75, 3.05) is 12.8 Å². The molecular weight excluding hydrogens is 332 g/mol. The molecule has 0 aliphatic rings. The highest BCUT2D eigenvalue weighted by Crippen LogP contribution is 2.20. The van der Waals surface area contributed by atoms with Gasteiger partial charge < -0.3 is 15.8 Å². The monoisotopic (exact) mass is 348 g/mol. The first kappa shape index (κ1) is 15.4. The van der Waals surface area contributed by atoms with Crippen molar-refractivity contribution in [3.05, 3.63) is 58.1 Å². The second-order valence-electron chi connectivity index (χ2n) is 4.74. The minimum atomic E-state index is -0.184. The quantitative estimate of drug-likeness (QED) is 0.830. The first-order valence-corrected chi connectivity index (χ1v) is 7.30. The molecule has 0 aliphatic carbocycles. The van der Waals surface area contributed by atoms with Crippen molar-refractivity contribution in [2.45, 2.75) is 13.0 Å². The Morgan fingerprint density at radius 3 is 2.52 bits per heavy atom. The second kappa shape index (κ2) is 6.63. The number of hydrogen-bond acceptors (Lipinski definition) is 3. The Hall–Kier alpha value is -2.01. The number of benzene rings is 2. The number of carbonyl (C=O) groups excluding carboxylic acids is 1. The summed E-state index contributed by atoms with van der Waals surface area (Å²) in [6.45, 7) is 1.94. The number of hydrogen-bond donors (Lipinski definition) is 2. The van der Waals surface area contributed by atoms with Gasteiger partial charge in [-0.2, -0.15) is 0 Å². The van der Waals surface area contributed by atoms with Crippen LogP contribution in [0.25, 0.3) is 0 Å². The molecule has 0 aromatic heterocycles. The van der Waals surface area contributed by atoms with Crippen molar-refractivity contribution in [3.63, 3.8) is 0 Å². The fourth-order valence-corrected chi connectivity index (χ4v) is 2.25. The molecule has 2 rings (SSSR count). The van der Waals surface area contributed by atoms with Crippen LogP contribution in [0.3, 0.4) is 0 Å². The van der Waals surface area contributed by atoms with Crippen LogP contribution in [0, 0.1) is 0 Å². The largest absolute Gasteiger partial charge is 0.497 e. The van der Waals surface area contributed by atoms with E-state index in [2.05, 4.69) is 21.2 Å². The van der Waals surface area contributed by atoms with Gasteiger partial charge in [0.1, 0.15) is 5.75 Å². The number of carbonyl (C=O) groups is 1. The number of halogens is 1.